The number of hydrogen-bond donors (Lipinski definition) is 1. The zero-order valence-corrected chi connectivity index (χ0v) is 21.4. The summed E-state index contributed by atoms with van der Waals surface area (Å²) in [5, 5.41) is 12.3. The average molecular weight is 500 g/mol. The second-order valence-electron chi connectivity index (χ2n) is 8.59. The maximum Gasteiger partial charge on any atom is 0.242 e. The molecule has 0 aliphatic carbocycles. The van der Waals surface area contributed by atoms with Gasteiger partial charge in [-0.05, 0) is 49.9 Å². The minimum Gasteiger partial charge on any atom is -0.355 e. The van der Waals surface area contributed by atoms with Crippen molar-refractivity contribution in [2.24, 2.45) is 0 Å². The molecule has 1 aliphatic heterocycles. The Morgan fingerprint density at radius 3 is 2.47 bits per heavy atom. The van der Waals surface area contributed by atoms with Crippen LogP contribution in [0.3, 0.4) is 0 Å². The molecule has 1 N–H and O–H groups in total. The van der Waals surface area contributed by atoms with Gasteiger partial charge in [-0.2, -0.15) is 0 Å². The second kappa shape index (κ2) is 9.89. The molecular formula is C24H29N5O3S2. The number of sulfonamides is 1. The molecule has 2 aromatic carbocycles. The lowest BCUT2D eigenvalue weighted by molar-refractivity contribution is -0.120. The van der Waals surface area contributed by atoms with Crippen molar-refractivity contribution in [1.29, 1.82) is 0 Å². The van der Waals surface area contributed by atoms with Crippen LogP contribution in [0, 0.1) is 13.8 Å². The summed E-state index contributed by atoms with van der Waals surface area (Å²) in [4.78, 5) is 12.8. The highest BCUT2D eigenvalue weighted by atomic mass is 32.2. The highest BCUT2D eigenvalue weighted by Gasteiger charge is 2.27. The van der Waals surface area contributed by atoms with Crippen molar-refractivity contribution in [1.82, 2.24) is 24.4 Å². The number of aryl methyl sites for hydroxylation is 2. The molecule has 0 unspecified atom stereocenters. The van der Waals surface area contributed by atoms with Crippen LogP contribution in [0.25, 0.3) is 17.1 Å². The fourth-order valence-corrected chi connectivity index (χ4v) is 6.10. The third kappa shape index (κ3) is 4.75. The molecule has 1 amide bonds. The van der Waals surface area contributed by atoms with E-state index in [1.54, 1.807) is 18.2 Å². The minimum absolute atomic E-state index is 0.0131. The number of para-hydroxylation sites is 1. The van der Waals surface area contributed by atoms with Crippen LogP contribution < -0.4 is 5.32 Å². The number of carbonyl (C=O) groups is 1. The first kappa shape index (κ1) is 24.4. The van der Waals surface area contributed by atoms with Crippen molar-refractivity contribution >= 4 is 27.7 Å². The van der Waals surface area contributed by atoms with Crippen LogP contribution in [-0.4, -0.2) is 59.3 Å². The maximum atomic E-state index is 12.7. The molecular weight excluding hydrogens is 470 g/mol. The van der Waals surface area contributed by atoms with Gasteiger partial charge in [0.05, 0.1) is 15.8 Å². The molecule has 1 fully saturated rings. The maximum absolute atomic E-state index is 12.7. The van der Waals surface area contributed by atoms with Crippen molar-refractivity contribution in [2.45, 2.75) is 48.4 Å². The molecule has 2 heterocycles. The number of nitrogens with zero attached hydrogens (tertiary/aromatic N) is 4. The topological polar surface area (TPSA) is 97.2 Å². The summed E-state index contributed by atoms with van der Waals surface area (Å²) in [5.41, 5.74) is 3.63. The number of aromatic nitrogens is 3. The number of carbonyl (C=O) groups excluding carboxylic acids is 1. The number of benzene rings is 2. The van der Waals surface area contributed by atoms with Gasteiger partial charge < -0.3 is 5.32 Å². The minimum atomic E-state index is -3.61. The first-order chi connectivity index (χ1) is 16.2. The van der Waals surface area contributed by atoms with E-state index >= 15 is 0 Å². The van der Waals surface area contributed by atoms with E-state index < -0.39 is 10.0 Å². The first-order valence-electron chi connectivity index (χ1n) is 11.2. The molecule has 8 nitrogen and oxygen atoms in total. The molecule has 1 atom stereocenters. The smallest absolute Gasteiger partial charge is 0.242 e. The Morgan fingerprint density at radius 2 is 1.76 bits per heavy atom. The SMILES string of the molecule is Cc1cccc(C)c1-n1c(S[C@@H]2CCCCNC2=O)nnc1-c1cccc(S(=O)(=O)N(C)C)c1. The van der Waals surface area contributed by atoms with E-state index in [9.17, 15) is 13.2 Å². The summed E-state index contributed by atoms with van der Waals surface area (Å²) in [7, 11) is -0.595. The molecule has 1 saturated heterocycles. The van der Waals surface area contributed by atoms with E-state index in [0.29, 0.717) is 23.1 Å². The molecule has 3 aromatic rings. The number of amides is 1. The molecule has 0 bridgehead atoms. The van der Waals surface area contributed by atoms with E-state index in [1.807, 2.05) is 42.7 Å². The third-order valence-corrected chi connectivity index (χ3v) is 8.92. The fraction of sp³-hybridized carbons (Fsp3) is 0.375. The summed E-state index contributed by atoms with van der Waals surface area (Å²) >= 11 is 1.41. The molecule has 10 heteroatoms. The Morgan fingerprint density at radius 1 is 1.06 bits per heavy atom. The van der Waals surface area contributed by atoms with Gasteiger partial charge >= 0.3 is 0 Å². The van der Waals surface area contributed by atoms with Crippen LogP contribution >= 0.6 is 11.8 Å². The van der Waals surface area contributed by atoms with Crippen molar-refractivity contribution in [3.63, 3.8) is 0 Å². The predicted molar refractivity (Wildman–Crippen MR) is 134 cm³/mol. The molecule has 34 heavy (non-hydrogen) atoms. The number of nitrogens with one attached hydrogen (secondary N) is 1. The Balaban J connectivity index is 1.87. The molecule has 1 aromatic heterocycles. The summed E-state index contributed by atoms with van der Waals surface area (Å²) in [6.07, 6.45) is 2.69. The van der Waals surface area contributed by atoms with Gasteiger partial charge in [0.15, 0.2) is 11.0 Å². The van der Waals surface area contributed by atoms with E-state index in [1.165, 1.54) is 30.2 Å². The Hall–Kier alpha value is -2.69. The monoisotopic (exact) mass is 499 g/mol. The zero-order valence-electron chi connectivity index (χ0n) is 19.8. The van der Waals surface area contributed by atoms with Gasteiger partial charge in [-0.1, -0.05) is 48.5 Å². The van der Waals surface area contributed by atoms with Crippen molar-refractivity contribution in [3.8, 4) is 17.1 Å². The van der Waals surface area contributed by atoms with Gasteiger partial charge in [-0.25, -0.2) is 12.7 Å². The normalized spacial score (nSPS) is 17.0. The van der Waals surface area contributed by atoms with E-state index in [4.69, 9.17) is 0 Å². The fourth-order valence-electron chi connectivity index (χ4n) is 4.05. The van der Waals surface area contributed by atoms with Crippen LogP contribution in [0.4, 0.5) is 0 Å². The van der Waals surface area contributed by atoms with Crippen LogP contribution in [0.15, 0.2) is 52.5 Å². The number of rotatable bonds is 6. The highest BCUT2D eigenvalue weighted by molar-refractivity contribution is 8.00. The second-order valence-corrected chi connectivity index (χ2v) is 11.9. The molecule has 0 radical (unpaired) electrons. The third-order valence-electron chi connectivity index (χ3n) is 5.90. The summed E-state index contributed by atoms with van der Waals surface area (Å²) in [6, 6.07) is 12.8. The lowest BCUT2D eigenvalue weighted by Crippen LogP contribution is -2.30. The molecule has 1 aliphatic rings. The van der Waals surface area contributed by atoms with Gasteiger partial charge in [-0.15, -0.1) is 10.2 Å². The van der Waals surface area contributed by atoms with Crippen molar-refractivity contribution < 1.29 is 13.2 Å². The molecule has 4 rings (SSSR count). The lowest BCUT2D eigenvalue weighted by atomic mass is 10.1. The van der Waals surface area contributed by atoms with Gasteiger partial charge in [-0.3, -0.25) is 9.36 Å². The standard InChI is InChI=1S/C24H29N5O3S2/c1-16-9-7-10-17(2)21(16)29-22(18-11-8-12-19(15-18)34(31,32)28(3)4)26-27-24(29)33-20-13-5-6-14-25-23(20)30/h7-12,15,20H,5-6,13-14H2,1-4H3,(H,25,30)/t20-/m1/s1. The Labute approximate surface area is 204 Å². The Bertz CT molecular complexity index is 1300. The first-order valence-corrected chi connectivity index (χ1v) is 13.5. The van der Waals surface area contributed by atoms with E-state index in [-0.39, 0.29) is 16.1 Å². The van der Waals surface area contributed by atoms with Crippen LogP contribution in [0.1, 0.15) is 30.4 Å². The molecule has 180 valence electrons. The van der Waals surface area contributed by atoms with Gasteiger partial charge in [0.2, 0.25) is 15.9 Å². The number of hydrogen-bond acceptors (Lipinski definition) is 6. The zero-order chi connectivity index (χ0) is 24.5. The quantitative estimate of drug-likeness (QED) is 0.557. The lowest BCUT2D eigenvalue weighted by Gasteiger charge is -2.18. The van der Waals surface area contributed by atoms with Crippen LogP contribution in [0.2, 0.25) is 0 Å². The Kier molecular flexibility index (Phi) is 7.11. The van der Waals surface area contributed by atoms with Gasteiger partial charge in [0.1, 0.15) is 0 Å². The highest BCUT2D eigenvalue weighted by Crippen LogP contribution is 2.35. The van der Waals surface area contributed by atoms with Crippen molar-refractivity contribution in [3.05, 3.63) is 53.6 Å². The van der Waals surface area contributed by atoms with Gasteiger partial charge in [0.25, 0.3) is 0 Å². The number of thioether (sulfide) groups is 1. The molecule has 0 saturated carbocycles. The van der Waals surface area contributed by atoms with E-state index in [2.05, 4.69) is 15.5 Å². The summed E-state index contributed by atoms with van der Waals surface area (Å²) < 4.78 is 28.6. The predicted octanol–water partition coefficient (Wildman–Crippen LogP) is 3.56. The van der Waals surface area contributed by atoms with Crippen LogP contribution in [0.5, 0.6) is 0 Å². The summed E-state index contributed by atoms with van der Waals surface area (Å²) in [5.74, 6) is 0.545. The summed E-state index contributed by atoms with van der Waals surface area (Å²) in [6.45, 7) is 4.73. The molecule has 0 spiro atoms. The van der Waals surface area contributed by atoms with Crippen molar-refractivity contribution in [2.75, 3.05) is 20.6 Å². The van der Waals surface area contributed by atoms with Crippen LogP contribution in [-0.2, 0) is 14.8 Å². The average Bonchev–Trinajstić information content (AvgIpc) is 3.09. The van der Waals surface area contributed by atoms with E-state index in [0.717, 1.165) is 36.1 Å². The van der Waals surface area contributed by atoms with Gasteiger partial charge in [0, 0.05) is 26.2 Å². The largest absolute Gasteiger partial charge is 0.355 e.